The average Bonchev–Trinajstić information content (AvgIpc) is 3.41. The largest absolute Gasteiger partial charge is 0.496 e. The number of ether oxygens (including phenoxy) is 3. The van der Waals surface area contributed by atoms with Gasteiger partial charge in [0.15, 0.2) is 23.8 Å². The van der Waals surface area contributed by atoms with Gasteiger partial charge in [0.25, 0.3) is 17.7 Å². The van der Waals surface area contributed by atoms with Gasteiger partial charge in [0, 0.05) is 56.7 Å². The van der Waals surface area contributed by atoms with Gasteiger partial charge < -0.3 is 97.3 Å². The molecule has 3 aromatic rings. The molecule has 0 bridgehead atoms. The van der Waals surface area contributed by atoms with Crippen molar-refractivity contribution in [2.24, 2.45) is 65.8 Å². The fourth-order valence-electron chi connectivity index (χ4n) is 7.37. The normalized spacial score (nSPS) is 11.6. The number of rotatable bonds is 32. The quantitative estimate of drug-likeness (QED) is 0.0194. The Morgan fingerprint density at radius 2 is 0.744 bits per heavy atom. The molecule has 0 saturated heterocycles. The van der Waals surface area contributed by atoms with E-state index in [0.29, 0.717) is 25.8 Å². The molecule has 0 heterocycles. The number of aliphatic imine (C=N–C) groups is 4. The lowest BCUT2D eigenvalue weighted by Gasteiger charge is -2.21. The first-order valence-electron chi connectivity index (χ1n) is 24.5. The molecule has 0 saturated carbocycles. The van der Waals surface area contributed by atoms with Crippen LogP contribution in [-0.4, -0.2) is 138 Å². The Hall–Kier alpha value is -9.57. The molecule has 0 fully saturated rings. The molecule has 424 valence electrons. The fourth-order valence-corrected chi connectivity index (χ4v) is 7.37. The number of guanidine groups is 4. The number of carbonyl (C=O) groups excluding carboxylic acids is 7. The molecule has 29 heteroatoms. The monoisotopic (exact) mass is 1090 g/mol. The van der Waals surface area contributed by atoms with E-state index in [2.05, 4.69) is 57.2 Å². The van der Waals surface area contributed by atoms with E-state index in [-0.39, 0.29) is 133 Å². The zero-order chi connectivity index (χ0) is 57.7. The van der Waals surface area contributed by atoms with E-state index in [1.165, 1.54) is 83.0 Å². The first kappa shape index (κ1) is 62.7. The average molecular weight is 1090 g/mol. The van der Waals surface area contributed by atoms with Gasteiger partial charge in [-0.3, -0.25) is 53.5 Å². The summed E-state index contributed by atoms with van der Waals surface area (Å²) in [5, 5.41) is 18.9. The summed E-state index contributed by atoms with van der Waals surface area (Å²) in [5.41, 5.74) is 44.2. The molecule has 0 aliphatic carbocycles. The molecule has 0 aliphatic rings. The Kier molecular flexibility index (Phi) is 26.3. The Morgan fingerprint density at radius 3 is 1.05 bits per heavy atom. The SMILES string of the molecule is CNC(=O)c1cc(NC(=O)[C@@H](CCCN=C(N)N)NC(=O)c2cc(NC(=O)[C@@H](CCCN=C(N)N)NC(=O)c3cc(NC(=O)[C@@H](CCCN=C(N)N)NC(=O)CCCCN=C(N)N)ccc3OC)ccc2OC)ccc1OC. The number of nitrogens with zero attached hydrogens (tertiary/aromatic N) is 4. The summed E-state index contributed by atoms with van der Waals surface area (Å²) in [5.74, 6) is -4.55. The van der Waals surface area contributed by atoms with Crippen LogP contribution in [0.25, 0.3) is 0 Å². The van der Waals surface area contributed by atoms with Crippen LogP contribution in [0.2, 0.25) is 0 Å². The summed E-state index contributed by atoms with van der Waals surface area (Å²) < 4.78 is 16.3. The van der Waals surface area contributed by atoms with Gasteiger partial charge >= 0.3 is 0 Å². The van der Waals surface area contributed by atoms with Crippen LogP contribution in [0, 0.1) is 0 Å². The van der Waals surface area contributed by atoms with E-state index in [0.717, 1.165) is 0 Å². The zero-order valence-corrected chi connectivity index (χ0v) is 44.1. The second-order valence-electron chi connectivity index (χ2n) is 17.1. The van der Waals surface area contributed by atoms with E-state index in [4.69, 9.17) is 60.1 Å². The second-order valence-corrected chi connectivity index (χ2v) is 17.1. The summed E-state index contributed by atoms with van der Waals surface area (Å²) in [6, 6.07) is 9.40. The predicted molar refractivity (Wildman–Crippen MR) is 297 cm³/mol. The van der Waals surface area contributed by atoms with Gasteiger partial charge in [0.2, 0.25) is 23.6 Å². The van der Waals surface area contributed by atoms with Crippen molar-refractivity contribution in [2.45, 2.75) is 75.9 Å². The molecule has 0 radical (unpaired) electrons. The number of nitrogens with two attached hydrogens (primary N) is 8. The van der Waals surface area contributed by atoms with Gasteiger partial charge in [-0.1, -0.05) is 0 Å². The minimum Gasteiger partial charge on any atom is -0.496 e. The van der Waals surface area contributed by atoms with Crippen LogP contribution in [-0.2, 0) is 19.2 Å². The third kappa shape index (κ3) is 21.7. The van der Waals surface area contributed by atoms with Gasteiger partial charge in [-0.15, -0.1) is 0 Å². The Labute approximate surface area is 450 Å². The summed E-state index contributed by atoms with van der Waals surface area (Å²) >= 11 is 0. The molecule has 0 spiro atoms. The Morgan fingerprint density at radius 1 is 0.436 bits per heavy atom. The Bertz CT molecular complexity index is 2680. The number of hydrogen-bond acceptors (Lipinski definition) is 14. The third-order valence-electron chi connectivity index (χ3n) is 11.2. The molecule has 23 N–H and O–H groups in total. The molecule has 3 atom stereocenters. The maximum absolute atomic E-state index is 14.2. The molecule has 0 aromatic heterocycles. The topological polar surface area (TPSA) is 489 Å². The van der Waals surface area contributed by atoms with Gasteiger partial charge in [-0.25, -0.2) is 0 Å². The molecule has 7 amide bonds. The van der Waals surface area contributed by atoms with Crippen molar-refractivity contribution < 1.29 is 47.8 Å². The number of hydrogen-bond donors (Lipinski definition) is 15. The lowest BCUT2D eigenvalue weighted by molar-refractivity contribution is -0.126. The first-order valence-corrected chi connectivity index (χ1v) is 24.5. The lowest BCUT2D eigenvalue weighted by Crippen LogP contribution is -2.44. The molecule has 3 rings (SSSR count). The number of benzene rings is 3. The summed E-state index contributed by atoms with van der Waals surface area (Å²) in [6.07, 6.45) is 2.05. The minimum absolute atomic E-state index is 0.00155. The molecule has 29 nitrogen and oxygen atoms in total. The summed E-state index contributed by atoms with van der Waals surface area (Å²) in [4.78, 5) is 111. The van der Waals surface area contributed by atoms with Crippen LogP contribution in [0.4, 0.5) is 17.1 Å². The molecule has 0 unspecified atom stereocenters. The highest BCUT2D eigenvalue weighted by atomic mass is 16.5. The van der Waals surface area contributed by atoms with Crippen LogP contribution < -0.4 is 97.3 Å². The van der Waals surface area contributed by atoms with E-state index < -0.39 is 59.5 Å². The standard InChI is InChI=1S/C49H73N19O10/c1-58-40(70)30-24-27(14-17-36(30)76-2)64-44(74)34(11-8-22-61-48(54)55)67-42(72)32-26-29(16-19-38(32)78-4)65-45(75)35(12-9-23-62-49(56)57)68-41(71)31-25-28(15-18-37(31)77-3)63-43(73)33(10-7-21-60-47(52)53)66-39(69)13-5-6-20-59-46(50)51/h14-19,24-26,33-35H,5-13,20-23H2,1-4H3,(H,58,70)(H,63,73)(H,64,74)(H,65,75)(H,66,69)(H,67,72)(H,68,71)(H4,50,51,59)(H4,52,53,60)(H4,54,55,61)(H4,56,57,62)/t33-,34-,35-/m1/s1. The highest BCUT2D eigenvalue weighted by Gasteiger charge is 2.28. The maximum atomic E-state index is 14.2. The number of unbranched alkanes of at least 4 members (excludes halogenated alkanes) is 1. The van der Waals surface area contributed by atoms with Gasteiger partial charge in [0.05, 0.1) is 38.0 Å². The van der Waals surface area contributed by atoms with E-state index in [1.54, 1.807) is 0 Å². The number of carbonyl (C=O) groups is 7. The van der Waals surface area contributed by atoms with E-state index in [1.807, 2.05) is 0 Å². The number of methoxy groups -OCH3 is 3. The van der Waals surface area contributed by atoms with Crippen molar-refractivity contribution >= 4 is 82.3 Å². The van der Waals surface area contributed by atoms with Gasteiger partial charge in [0.1, 0.15) is 35.4 Å². The van der Waals surface area contributed by atoms with Crippen LogP contribution in [0.1, 0.15) is 88.9 Å². The van der Waals surface area contributed by atoms with Gasteiger partial charge in [-0.05, 0) is 106 Å². The highest BCUT2D eigenvalue weighted by Crippen LogP contribution is 2.27. The van der Waals surface area contributed by atoms with Crippen molar-refractivity contribution in [3.8, 4) is 17.2 Å². The summed E-state index contributed by atoms with van der Waals surface area (Å²) in [6.45, 7) is 0.736. The summed E-state index contributed by atoms with van der Waals surface area (Å²) in [7, 11) is 5.48. The second kappa shape index (κ2) is 32.7. The van der Waals surface area contributed by atoms with Crippen molar-refractivity contribution in [3.05, 3.63) is 71.3 Å². The number of anilines is 3. The fraction of sp³-hybridized carbons (Fsp3) is 0.408. The molecular formula is C49H73N19O10. The van der Waals surface area contributed by atoms with E-state index in [9.17, 15) is 33.6 Å². The number of amides is 7. The molecule has 3 aromatic carbocycles. The lowest BCUT2D eigenvalue weighted by atomic mass is 10.1. The maximum Gasteiger partial charge on any atom is 0.255 e. The van der Waals surface area contributed by atoms with Gasteiger partial charge in [-0.2, -0.15) is 0 Å². The molecule has 0 aliphatic heterocycles. The van der Waals surface area contributed by atoms with Crippen LogP contribution in [0.15, 0.2) is 74.6 Å². The van der Waals surface area contributed by atoms with Crippen LogP contribution >= 0.6 is 0 Å². The van der Waals surface area contributed by atoms with Crippen molar-refractivity contribution in [1.82, 2.24) is 21.3 Å². The Balaban J connectivity index is 1.91. The van der Waals surface area contributed by atoms with Crippen LogP contribution in [0.5, 0.6) is 17.2 Å². The first-order chi connectivity index (χ1) is 37.2. The number of nitrogens with one attached hydrogen (secondary N) is 7. The molecular weight excluding hydrogens is 1010 g/mol. The van der Waals surface area contributed by atoms with E-state index >= 15 is 0 Å². The van der Waals surface area contributed by atoms with Crippen molar-refractivity contribution in [1.29, 1.82) is 0 Å². The predicted octanol–water partition coefficient (Wildman–Crippen LogP) is -1.43. The van der Waals surface area contributed by atoms with Crippen LogP contribution in [0.3, 0.4) is 0 Å². The highest BCUT2D eigenvalue weighted by molar-refractivity contribution is 6.06. The zero-order valence-electron chi connectivity index (χ0n) is 44.1. The molecule has 78 heavy (non-hydrogen) atoms. The van der Waals surface area contributed by atoms with Crippen molar-refractivity contribution in [2.75, 3.05) is 70.5 Å². The third-order valence-corrected chi connectivity index (χ3v) is 11.2. The smallest absolute Gasteiger partial charge is 0.255 e. The minimum atomic E-state index is -1.27. The van der Waals surface area contributed by atoms with Crippen molar-refractivity contribution in [3.63, 3.8) is 0 Å².